The van der Waals surface area contributed by atoms with Gasteiger partial charge in [0.1, 0.15) is 5.82 Å². The van der Waals surface area contributed by atoms with E-state index in [1.165, 1.54) is 0 Å². The third kappa shape index (κ3) is 1.35. The summed E-state index contributed by atoms with van der Waals surface area (Å²) in [5.74, 6) is -0.457. The van der Waals surface area contributed by atoms with Crippen LogP contribution < -0.4 is 5.32 Å². The Hall–Kier alpha value is -1.58. The molecule has 0 radical (unpaired) electrons. The fourth-order valence-electron chi connectivity index (χ4n) is 1.59. The average molecular weight is 178 g/mol. The second-order valence-electron chi connectivity index (χ2n) is 3.05. The number of carboxylic acids is 1. The lowest BCUT2D eigenvalue weighted by molar-refractivity contribution is -0.138. The summed E-state index contributed by atoms with van der Waals surface area (Å²) < 4.78 is 0. The monoisotopic (exact) mass is 178 g/mol. The van der Waals surface area contributed by atoms with Crippen molar-refractivity contribution in [2.24, 2.45) is 0 Å². The van der Waals surface area contributed by atoms with Crippen molar-refractivity contribution in [1.82, 2.24) is 4.98 Å². The molecule has 4 nitrogen and oxygen atoms in total. The molecule has 13 heavy (non-hydrogen) atoms. The van der Waals surface area contributed by atoms with Crippen molar-refractivity contribution >= 4 is 11.8 Å². The lowest BCUT2D eigenvalue weighted by Crippen LogP contribution is -2.23. The van der Waals surface area contributed by atoms with Gasteiger partial charge in [0.15, 0.2) is 0 Å². The summed E-state index contributed by atoms with van der Waals surface area (Å²) in [6.07, 6.45) is 2.30. The van der Waals surface area contributed by atoms with Crippen molar-refractivity contribution in [2.75, 3.05) is 11.9 Å². The quantitative estimate of drug-likeness (QED) is 0.675. The van der Waals surface area contributed by atoms with E-state index >= 15 is 0 Å². The zero-order valence-electron chi connectivity index (χ0n) is 7.03. The second-order valence-corrected chi connectivity index (χ2v) is 3.05. The van der Waals surface area contributed by atoms with Gasteiger partial charge in [0.05, 0.1) is 5.92 Å². The van der Waals surface area contributed by atoms with E-state index in [4.69, 9.17) is 5.11 Å². The SMILES string of the molecule is O=C(O)C1CCNc2ncccc21. The minimum atomic E-state index is -0.768. The first-order valence-electron chi connectivity index (χ1n) is 4.20. The number of anilines is 1. The zero-order chi connectivity index (χ0) is 9.26. The largest absolute Gasteiger partial charge is 0.481 e. The van der Waals surface area contributed by atoms with Crippen molar-refractivity contribution in [3.8, 4) is 0 Å². The summed E-state index contributed by atoms with van der Waals surface area (Å²) in [5, 5.41) is 12.0. The maximum Gasteiger partial charge on any atom is 0.311 e. The van der Waals surface area contributed by atoms with Gasteiger partial charge in [0.2, 0.25) is 0 Å². The van der Waals surface area contributed by atoms with Gasteiger partial charge in [-0.1, -0.05) is 6.07 Å². The minimum absolute atomic E-state index is 0.398. The highest BCUT2D eigenvalue weighted by Gasteiger charge is 2.26. The number of fused-ring (bicyclic) bond motifs is 1. The Labute approximate surface area is 75.6 Å². The van der Waals surface area contributed by atoms with Crippen LogP contribution in [0.4, 0.5) is 5.82 Å². The molecule has 1 atom stereocenters. The van der Waals surface area contributed by atoms with E-state index in [0.29, 0.717) is 18.8 Å². The number of aromatic nitrogens is 1. The maximum atomic E-state index is 10.9. The highest BCUT2D eigenvalue weighted by Crippen LogP contribution is 2.29. The number of hydrogen-bond donors (Lipinski definition) is 2. The highest BCUT2D eigenvalue weighted by atomic mass is 16.4. The summed E-state index contributed by atoms with van der Waals surface area (Å²) in [7, 11) is 0. The number of nitrogens with one attached hydrogen (secondary N) is 1. The third-order valence-electron chi connectivity index (χ3n) is 2.24. The van der Waals surface area contributed by atoms with Crippen LogP contribution >= 0.6 is 0 Å². The number of hydrogen-bond acceptors (Lipinski definition) is 3. The Kier molecular flexibility index (Phi) is 1.88. The molecule has 0 aliphatic carbocycles. The third-order valence-corrected chi connectivity index (χ3v) is 2.24. The molecule has 1 aromatic heterocycles. The molecule has 0 bridgehead atoms. The van der Waals surface area contributed by atoms with Crippen molar-refractivity contribution in [3.05, 3.63) is 23.9 Å². The first-order valence-corrected chi connectivity index (χ1v) is 4.20. The van der Waals surface area contributed by atoms with Gasteiger partial charge in [0, 0.05) is 18.3 Å². The van der Waals surface area contributed by atoms with Gasteiger partial charge in [-0.05, 0) is 12.5 Å². The van der Waals surface area contributed by atoms with E-state index in [2.05, 4.69) is 10.3 Å². The molecule has 0 saturated carbocycles. The van der Waals surface area contributed by atoms with Gasteiger partial charge in [-0.15, -0.1) is 0 Å². The van der Waals surface area contributed by atoms with Crippen LogP contribution in [-0.2, 0) is 4.79 Å². The normalized spacial score (nSPS) is 20.2. The topological polar surface area (TPSA) is 62.2 Å². The molecule has 0 fully saturated rings. The van der Waals surface area contributed by atoms with E-state index in [0.717, 1.165) is 5.56 Å². The van der Waals surface area contributed by atoms with Gasteiger partial charge in [0.25, 0.3) is 0 Å². The number of carbonyl (C=O) groups is 1. The lowest BCUT2D eigenvalue weighted by Gasteiger charge is -2.22. The smallest absolute Gasteiger partial charge is 0.311 e. The molecule has 0 amide bonds. The molecule has 0 aromatic carbocycles. The van der Waals surface area contributed by atoms with Crippen LogP contribution in [0.2, 0.25) is 0 Å². The molecular weight excluding hydrogens is 168 g/mol. The second kappa shape index (κ2) is 3.05. The molecule has 1 aliphatic rings. The van der Waals surface area contributed by atoms with E-state index in [9.17, 15) is 4.79 Å². The van der Waals surface area contributed by atoms with Crippen LogP contribution in [0.25, 0.3) is 0 Å². The minimum Gasteiger partial charge on any atom is -0.481 e. The summed E-state index contributed by atoms with van der Waals surface area (Å²) >= 11 is 0. The number of aliphatic carboxylic acids is 1. The van der Waals surface area contributed by atoms with Gasteiger partial charge in [-0.2, -0.15) is 0 Å². The number of nitrogens with zero attached hydrogens (tertiary/aromatic N) is 1. The molecule has 0 spiro atoms. The molecule has 1 aliphatic heterocycles. The van der Waals surface area contributed by atoms with Crippen LogP contribution in [0.15, 0.2) is 18.3 Å². The Bertz CT molecular complexity index is 338. The average Bonchev–Trinajstić information content (AvgIpc) is 2.17. The Morgan fingerprint density at radius 1 is 1.69 bits per heavy atom. The summed E-state index contributed by atoms with van der Waals surface area (Å²) in [6, 6.07) is 3.58. The van der Waals surface area contributed by atoms with E-state index < -0.39 is 11.9 Å². The van der Waals surface area contributed by atoms with Crippen molar-refractivity contribution < 1.29 is 9.90 Å². The van der Waals surface area contributed by atoms with Crippen molar-refractivity contribution in [3.63, 3.8) is 0 Å². The number of rotatable bonds is 1. The number of pyridine rings is 1. The molecule has 2 N–H and O–H groups in total. The van der Waals surface area contributed by atoms with Gasteiger partial charge in [-0.25, -0.2) is 4.98 Å². The molecule has 4 heteroatoms. The molecule has 2 heterocycles. The summed E-state index contributed by atoms with van der Waals surface area (Å²) in [6.45, 7) is 0.682. The first kappa shape index (κ1) is 8.04. The fourth-order valence-corrected chi connectivity index (χ4v) is 1.59. The Morgan fingerprint density at radius 3 is 3.31 bits per heavy atom. The maximum absolute atomic E-state index is 10.9. The summed E-state index contributed by atoms with van der Waals surface area (Å²) in [5.41, 5.74) is 0.793. The van der Waals surface area contributed by atoms with Gasteiger partial charge < -0.3 is 10.4 Å². The molecule has 1 unspecified atom stereocenters. The molecule has 1 aromatic rings. The molecular formula is C9H10N2O2. The van der Waals surface area contributed by atoms with Gasteiger partial charge in [-0.3, -0.25) is 4.79 Å². The van der Waals surface area contributed by atoms with Crippen LogP contribution in [0, 0.1) is 0 Å². The van der Waals surface area contributed by atoms with Gasteiger partial charge >= 0.3 is 5.97 Å². The first-order chi connectivity index (χ1) is 6.29. The summed E-state index contributed by atoms with van der Waals surface area (Å²) in [4.78, 5) is 14.9. The van der Waals surface area contributed by atoms with Crippen LogP contribution in [0.1, 0.15) is 17.9 Å². The van der Waals surface area contributed by atoms with Crippen LogP contribution in [0.3, 0.4) is 0 Å². The molecule has 0 saturated heterocycles. The van der Waals surface area contributed by atoms with E-state index in [-0.39, 0.29) is 0 Å². The van der Waals surface area contributed by atoms with Crippen molar-refractivity contribution in [2.45, 2.75) is 12.3 Å². The Morgan fingerprint density at radius 2 is 2.54 bits per heavy atom. The Balaban J connectivity index is 2.42. The zero-order valence-corrected chi connectivity index (χ0v) is 7.03. The molecule has 2 rings (SSSR count). The van der Waals surface area contributed by atoms with Crippen LogP contribution in [-0.4, -0.2) is 22.6 Å². The predicted molar refractivity (Wildman–Crippen MR) is 47.7 cm³/mol. The standard InChI is InChI=1S/C9H10N2O2/c12-9(13)7-3-5-11-8-6(7)2-1-4-10-8/h1-2,4,7H,3,5H2,(H,10,11)(H,12,13). The molecule has 68 valence electrons. The highest BCUT2D eigenvalue weighted by molar-refractivity contribution is 5.79. The van der Waals surface area contributed by atoms with Crippen LogP contribution in [0.5, 0.6) is 0 Å². The fraction of sp³-hybridized carbons (Fsp3) is 0.333. The number of carboxylic acid groups (broad SMARTS) is 1. The lowest BCUT2D eigenvalue weighted by atomic mass is 9.93. The van der Waals surface area contributed by atoms with Crippen molar-refractivity contribution in [1.29, 1.82) is 0 Å². The van der Waals surface area contributed by atoms with E-state index in [1.807, 2.05) is 6.07 Å². The van der Waals surface area contributed by atoms with E-state index in [1.54, 1.807) is 12.3 Å². The predicted octanol–water partition coefficient (Wildman–Crippen LogP) is 1.07.